The SMILES string of the molecule is NC(c1csc(I)c1)c1cc(Br)ccc1F. The van der Waals surface area contributed by atoms with E-state index in [2.05, 4.69) is 38.5 Å². The average molecular weight is 412 g/mol. The predicted molar refractivity (Wildman–Crippen MR) is 77.2 cm³/mol. The molecule has 84 valence electrons. The van der Waals surface area contributed by atoms with Gasteiger partial charge in [0, 0.05) is 10.0 Å². The van der Waals surface area contributed by atoms with Crippen LogP contribution < -0.4 is 5.73 Å². The standard InChI is InChI=1S/C11H8BrFINS/c12-7-1-2-9(13)8(4-7)11(15)6-3-10(14)16-5-6/h1-5,11H,15H2. The molecule has 0 bridgehead atoms. The molecule has 2 N–H and O–H groups in total. The third kappa shape index (κ3) is 2.64. The quantitative estimate of drug-likeness (QED) is 0.732. The van der Waals surface area contributed by atoms with Gasteiger partial charge in [-0.3, -0.25) is 0 Å². The first-order valence-electron chi connectivity index (χ1n) is 4.52. The van der Waals surface area contributed by atoms with Crippen molar-refractivity contribution < 1.29 is 4.39 Å². The Morgan fingerprint density at radius 1 is 1.38 bits per heavy atom. The van der Waals surface area contributed by atoms with E-state index >= 15 is 0 Å². The molecule has 1 aromatic carbocycles. The second kappa shape index (κ2) is 5.12. The lowest BCUT2D eigenvalue weighted by Crippen LogP contribution is -2.12. The van der Waals surface area contributed by atoms with Crippen LogP contribution in [0.4, 0.5) is 4.39 Å². The lowest BCUT2D eigenvalue weighted by molar-refractivity contribution is 0.599. The Hall–Kier alpha value is 0.0200. The highest BCUT2D eigenvalue weighted by molar-refractivity contribution is 14.1. The van der Waals surface area contributed by atoms with Gasteiger partial charge in [-0.1, -0.05) is 15.9 Å². The maximum Gasteiger partial charge on any atom is 0.128 e. The van der Waals surface area contributed by atoms with Crippen LogP contribution in [0.25, 0.3) is 0 Å². The topological polar surface area (TPSA) is 26.0 Å². The molecule has 5 heteroatoms. The number of halogens is 3. The number of benzene rings is 1. The van der Waals surface area contributed by atoms with E-state index in [0.29, 0.717) is 5.56 Å². The molecule has 0 aliphatic heterocycles. The molecule has 1 nitrogen and oxygen atoms in total. The molecule has 2 rings (SSSR count). The highest BCUT2D eigenvalue weighted by atomic mass is 127. The van der Waals surface area contributed by atoms with Gasteiger partial charge < -0.3 is 5.73 Å². The van der Waals surface area contributed by atoms with Gasteiger partial charge in [-0.15, -0.1) is 11.3 Å². The summed E-state index contributed by atoms with van der Waals surface area (Å²) in [6.07, 6.45) is 0. The van der Waals surface area contributed by atoms with Gasteiger partial charge in [0.2, 0.25) is 0 Å². The Kier molecular flexibility index (Phi) is 3.99. The van der Waals surface area contributed by atoms with Crippen LogP contribution in [0, 0.1) is 8.70 Å². The predicted octanol–water partition coefficient (Wildman–Crippen LogP) is 4.30. The van der Waals surface area contributed by atoms with Gasteiger partial charge in [-0.2, -0.15) is 0 Å². The number of nitrogens with two attached hydrogens (primary N) is 1. The van der Waals surface area contributed by atoms with Crippen LogP contribution in [0.2, 0.25) is 0 Å². The third-order valence-electron chi connectivity index (χ3n) is 2.24. The van der Waals surface area contributed by atoms with Crippen LogP contribution in [0.5, 0.6) is 0 Å². The Morgan fingerprint density at radius 3 is 2.75 bits per heavy atom. The van der Waals surface area contributed by atoms with E-state index in [1.165, 1.54) is 6.07 Å². The van der Waals surface area contributed by atoms with Crippen molar-refractivity contribution in [3.05, 3.63) is 53.9 Å². The Balaban J connectivity index is 2.40. The number of hydrogen-bond acceptors (Lipinski definition) is 2. The summed E-state index contributed by atoms with van der Waals surface area (Å²) in [5, 5.41) is 1.97. The first-order valence-corrected chi connectivity index (χ1v) is 7.27. The number of hydrogen-bond donors (Lipinski definition) is 1. The lowest BCUT2D eigenvalue weighted by atomic mass is 10.0. The maximum absolute atomic E-state index is 13.6. The summed E-state index contributed by atoms with van der Waals surface area (Å²) in [7, 11) is 0. The fourth-order valence-electron chi connectivity index (χ4n) is 1.42. The minimum Gasteiger partial charge on any atom is -0.320 e. The summed E-state index contributed by atoms with van der Waals surface area (Å²) in [6, 6.07) is 6.40. The average Bonchev–Trinajstić information content (AvgIpc) is 2.67. The Labute approximate surface area is 119 Å². The summed E-state index contributed by atoms with van der Waals surface area (Å²) in [4.78, 5) is 0. The van der Waals surface area contributed by atoms with Crippen molar-refractivity contribution in [2.75, 3.05) is 0 Å². The zero-order valence-electron chi connectivity index (χ0n) is 8.08. The smallest absolute Gasteiger partial charge is 0.128 e. The summed E-state index contributed by atoms with van der Waals surface area (Å²) in [5.41, 5.74) is 7.51. The van der Waals surface area contributed by atoms with Crippen molar-refractivity contribution in [1.82, 2.24) is 0 Å². The molecule has 2 aromatic rings. The zero-order chi connectivity index (χ0) is 11.7. The van der Waals surface area contributed by atoms with E-state index in [1.807, 2.05) is 11.4 Å². The molecule has 0 saturated heterocycles. The minimum absolute atomic E-state index is 0.267. The van der Waals surface area contributed by atoms with Crippen LogP contribution in [-0.4, -0.2) is 0 Å². The van der Waals surface area contributed by atoms with Gasteiger partial charge in [-0.05, 0) is 57.8 Å². The molecule has 0 radical (unpaired) electrons. The van der Waals surface area contributed by atoms with Gasteiger partial charge >= 0.3 is 0 Å². The second-order valence-electron chi connectivity index (χ2n) is 3.33. The van der Waals surface area contributed by atoms with E-state index in [9.17, 15) is 4.39 Å². The molecule has 1 atom stereocenters. The van der Waals surface area contributed by atoms with E-state index in [0.717, 1.165) is 12.9 Å². The van der Waals surface area contributed by atoms with Crippen LogP contribution in [0.3, 0.4) is 0 Å². The van der Waals surface area contributed by atoms with Crippen LogP contribution in [-0.2, 0) is 0 Å². The first-order chi connectivity index (χ1) is 7.58. The molecular formula is C11H8BrFINS. The normalized spacial score (nSPS) is 12.8. The Morgan fingerprint density at radius 2 is 2.12 bits per heavy atom. The molecule has 0 saturated carbocycles. The van der Waals surface area contributed by atoms with Crippen molar-refractivity contribution in [2.45, 2.75) is 6.04 Å². The molecular weight excluding hydrogens is 404 g/mol. The molecule has 0 aliphatic carbocycles. The van der Waals surface area contributed by atoms with Crippen molar-refractivity contribution in [3.8, 4) is 0 Å². The summed E-state index contributed by atoms with van der Waals surface area (Å²) < 4.78 is 15.6. The summed E-state index contributed by atoms with van der Waals surface area (Å²) >= 11 is 7.16. The molecule has 1 heterocycles. The van der Waals surface area contributed by atoms with Gasteiger partial charge in [0.15, 0.2) is 0 Å². The van der Waals surface area contributed by atoms with E-state index < -0.39 is 6.04 Å². The third-order valence-corrected chi connectivity index (χ3v) is 4.54. The molecule has 16 heavy (non-hydrogen) atoms. The molecule has 0 fully saturated rings. The van der Waals surface area contributed by atoms with Gasteiger partial charge in [-0.25, -0.2) is 4.39 Å². The van der Waals surface area contributed by atoms with Crippen LogP contribution in [0.15, 0.2) is 34.1 Å². The maximum atomic E-state index is 13.6. The van der Waals surface area contributed by atoms with Crippen molar-refractivity contribution >= 4 is 49.9 Å². The second-order valence-corrected chi connectivity index (χ2v) is 7.05. The highest BCUT2D eigenvalue weighted by Gasteiger charge is 2.15. The first kappa shape index (κ1) is 12.5. The zero-order valence-corrected chi connectivity index (χ0v) is 12.6. The number of thiophene rings is 1. The summed E-state index contributed by atoms with van der Waals surface area (Å²) in [6.45, 7) is 0. The fourth-order valence-corrected chi connectivity index (χ4v) is 3.21. The van der Waals surface area contributed by atoms with Crippen molar-refractivity contribution in [1.29, 1.82) is 0 Å². The molecule has 0 amide bonds. The van der Waals surface area contributed by atoms with Crippen molar-refractivity contribution in [2.24, 2.45) is 5.73 Å². The molecule has 1 aromatic heterocycles. The minimum atomic E-state index is -0.405. The van der Waals surface area contributed by atoms with Gasteiger partial charge in [0.05, 0.1) is 8.93 Å². The van der Waals surface area contributed by atoms with Crippen LogP contribution in [0.1, 0.15) is 17.2 Å². The van der Waals surface area contributed by atoms with Crippen molar-refractivity contribution in [3.63, 3.8) is 0 Å². The molecule has 0 aliphatic rings. The Bertz CT molecular complexity index is 514. The van der Waals surface area contributed by atoms with E-state index in [1.54, 1.807) is 23.5 Å². The fraction of sp³-hybridized carbons (Fsp3) is 0.0909. The highest BCUT2D eigenvalue weighted by Crippen LogP contribution is 2.28. The monoisotopic (exact) mass is 411 g/mol. The molecule has 1 unspecified atom stereocenters. The van der Waals surface area contributed by atoms with Crippen LogP contribution >= 0.6 is 49.9 Å². The van der Waals surface area contributed by atoms with E-state index in [4.69, 9.17) is 5.73 Å². The molecule has 0 spiro atoms. The lowest BCUT2D eigenvalue weighted by Gasteiger charge is -2.11. The largest absolute Gasteiger partial charge is 0.320 e. The summed E-state index contributed by atoms with van der Waals surface area (Å²) in [5.74, 6) is -0.267. The van der Waals surface area contributed by atoms with Gasteiger partial charge in [0.25, 0.3) is 0 Å². The van der Waals surface area contributed by atoms with E-state index in [-0.39, 0.29) is 5.82 Å². The number of rotatable bonds is 2. The van der Waals surface area contributed by atoms with Gasteiger partial charge in [0.1, 0.15) is 5.82 Å².